The number of carbonyl (C=O) groups is 1. The average molecular weight is 273 g/mol. The highest BCUT2D eigenvalue weighted by Crippen LogP contribution is 2.29. The van der Waals surface area contributed by atoms with Gasteiger partial charge in [-0.3, -0.25) is 0 Å². The average Bonchev–Trinajstić information content (AvgIpc) is 2.96. The van der Waals surface area contributed by atoms with E-state index in [1.54, 1.807) is 6.92 Å². The number of nitrogens with zero attached hydrogens (tertiary/aromatic N) is 1. The maximum atomic E-state index is 11.0. The summed E-state index contributed by atoms with van der Waals surface area (Å²) in [5.41, 5.74) is 2.04. The largest absolute Gasteiger partial charge is 0.476 e. The van der Waals surface area contributed by atoms with Crippen molar-refractivity contribution >= 4 is 39.0 Å². The summed E-state index contributed by atoms with van der Waals surface area (Å²) in [7, 11) is 0. The number of hydrogen-bond donors (Lipinski definition) is 3. The Labute approximate surface area is 112 Å². The Balaban J connectivity index is 1.99. The Kier molecular flexibility index (Phi) is 2.72. The molecule has 0 aliphatic heterocycles. The molecule has 3 aromatic rings. The van der Waals surface area contributed by atoms with Crippen LogP contribution in [0.25, 0.3) is 10.9 Å². The smallest absolute Gasteiger partial charge is 0.355 e. The monoisotopic (exact) mass is 273 g/mol. The lowest BCUT2D eigenvalue weighted by atomic mass is 10.2. The van der Waals surface area contributed by atoms with E-state index in [-0.39, 0.29) is 5.69 Å². The number of benzene rings is 1. The van der Waals surface area contributed by atoms with Gasteiger partial charge in [0.15, 0.2) is 10.8 Å². The fourth-order valence-electron chi connectivity index (χ4n) is 1.96. The molecule has 19 heavy (non-hydrogen) atoms. The molecule has 3 rings (SSSR count). The van der Waals surface area contributed by atoms with Crippen molar-refractivity contribution in [3.63, 3.8) is 0 Å². The Morgan fingerprint density at radius 1 is 1.42 bits per heavy atom. The number of nitrogens with one attached hydrogen (secondary N) is 2. The third-order valence-corrected chi connectivity index (χ3v) is 3.72. The zero-order chi connectivity index (χ0) is 13.4. The number of fused-ring (bicyclic) bond motifs is 1. The molecule has 5 nitrogen and oxygen atoms in total. The molecule has 0 atom stereocenters. The summed E-state index contributed by atoms with van der Waals surface area (Å²) in [6.07, 6.45) is 1.87. The standard InChI is InChI=1S/C13H11N3O2S/c1-7-11(12(17)18)16-13(19-7)15-10-4-2-3-9-8(10)5-6-14-9/h2-6,14H,1H3,(H,15,16)(H,17,18). The highest BCUT2D eigenvalue weighted by atomic mass is 32.1. The fraction of sp³-hybridized carbons (Fsp3) is 0.0769. The molecular weight excluding hydrogens is 262 g/mol. The van der Waals surface area contributed by atoms with Crippen LogP contribution in [0.3, 0.4) is 0 Å². The van der Waals surface area contributed by atoms with Gasteiger partial charge in [0.05, 0.1) is 0 Å². The van der Waals surface area contributed by atoms with E-state index >= 15 is 0 Å². The summed E-state index contributed by atoms with van der Waals surface area (Å²) in [4.78, 5) is 18.9. The van der Waals surface area contributed by atoms with Gasteiger partial charge in [-0.2, -0.15) is 0 Å². The summed E-state index contributed by atoms with van der Waals surface area (Å²) in [6, 6.07) is 7.82. The van der Waals surface area contributed by atoms with E-state index in [4.69, 9.17) is 5.11 Å². The molecule has 0 aliphatic rings. The van der Waals surface area contributed by atoms with Crippen LogP contribution >= 0.6 is 11.3 Å². The predicted octanol–water partition coefficient (Wildman–Crippen LogP) is 3.37. The van der Waals surface area contributed by atoms with Crippen molar-refractivity contribution < 1.29 is 9.90 Å². The molecule has 96 valence electrons. The van der Waals surface area contributed by atoms with Crippen LogP contribution in [-0.4, -0.2) is 21.0 Å². The van der Waals surface area contributed by atoms with Crippen molar-refractivity contribution in [2.24, 2.45) is 0 Å². The molecule has 0 saturated carbocycles. The zero-order valence-electron chi connectivity index (χ0n) is 10.1. The first kappa shape index (κ1) is 11.7. The second kappa shape index (κ2) is 4.40. The molecule has 1 aromatic carbocycles. The number of rotatable bonds is 3. The molecule has 2 heterocycles. The quantitative estimate of drug-likeness (QED) is 0.683. The summed E-state index contributed by atoms with van der Waals surface area (Å²) in [5.74, 6) is -0.998. The Morgan fingerprint density at radius 3 is 3.00 bits per heavy atom. The number of carboxylic acids is 1. The molecular formula is C13H11N3O2S. The number of H-pyrrole nitrogens is 1. The first-order chi connectivity index (χ1) is 9.15. The summed E-state index contributed by atoms with van der Waals surface area (Å²) in [5, 5.41) is 13.8. The summed E-state index contributed by atoms with van der Waals surface area (Å²) >= 11 is 1.34. The fourth-order valence-corrected chi connectivity index (χ4v) is 2.78. The van der Waals surface area contributed by atoms with E-state index in [2.05, 4.69) is 15.3 Å². The van der Waals surface area contributed by atoms with Gasteiger partial charge < -0.3 is 15.4 Å². The van der Waals surface area contributed by atoms with Gasteiger partial charge >= 0.3 is 5.97 Å². The van der Waals surface area contributed by atoms with Crippen LogP contribution in [0.1, 0.15) is 15.4 Å². The van der Waals surface area contributed by atoms with Gasteiger partial charge in [0, 0.05) is 27.7 Å². The van der Waals surface area contributed by atoms with Crippen LogP contribution < -0.4 is 5.32 Å². The number of thiazole rings is 1. The van der Waals surface area contributed by atoms with Gasteiger partial charge in [-0.15, -0.1) is 11.3 Å². The van der Waals surface area contributed by atoms with Gasteiger partial charge in [0.1, 0.15) is 0 Å². The van der Waals surface area contributed by atoms with Crippen LogP contribution in [-0.2, 0) is 0 Å². The minimum absolute atomic E-state index is 0.105. The summed E-state index contributed by atoms with van der Waals surface area (Å²) in [6.45, 7) is 1.75. The van der Waals surface area contributed by atoms with Crippen LogP contribution in [0.2, 0.25) is 0 Å². The van der Waals surface area contributed by atoms with E-state index in [0.717, 1.165) is 16.6 Å². The number of hydrogen-bond acceptors (Lipinski definition) is 4. The SMILES string of the molecule is Cc1sc(Nc2cccc3[nH]ccc23)nc1C(=O)O. The first-order valence-electron chi connectivity index (χ1n) is 5.69. The number of carboxylic acid groups (broad SMARTS) is 1. The molecule has 0 aliphatic carbocycles. The second-order valence-corrected chi connectivity index (χ2v) is 5.30. The second-order valence-electron chi connectivity index (χ2n) is 4.10. The zero-order valence-corrected chi connectivity index (χ0v) is 10.9. The molecule has 2 aromatic heterocycles. The van der Waals surface area contributed by atoms with Gasteiger partial charge in [-0.1, -0.05) is 6.07 Å². The topological polar surface area (TPSA) is 78.0 Å². The molecule has 0 spiro atoms. The van der Waals surface area contributed by atoms with Gasteiger partial charge in [0.2, 0.25) is 0 Å². The van der Waals surface area contributed by atoms with Crippen molar-refractivity contribution in [3.8, 4) is 0 Å². The summed E-state index contributed by atoms with van der Waals surface area (Å²) < 4.78 is 0. The predicted molar refractivity (Wildman–Crippen MR) is 75.4 cm³/mol. The molecule has 0 radical (unpaired) electrons. The minimum atomic E-state index is -0.998. The number of aromatic amines is 1. The molecule has 3 N–H and O–H groups in total. The van der Waals surface area contributed by atoms with E-state index < -0.39 is 5.97 Å². The lowest BCUT2D eigenvalue weighted by Gasteiger charge is -2.03. The number of aryl methyl sites for hydroxylation is 1. The minimum Gasteiger partial charge on any atom is -0.476 e. The van der Waals surface area contributed by atoms with Crippen LogP contribution in [0.5, 0.6) is 0 Å². The van der Waals surface area contributed by atoms with Crippen molar-refractivity contribution in [1.29, 1.82) is 0 Å². The Hall–Kier alpha value is -2.34. The third-order valence-electron chi connectivity index (χ3n) is 2.84. The normalized spacial score (nSPS) is 10.8. The van der Waals surface area contributed by atoms with Crippen molar-refractivity contribution in [3.05, 3.63) is 41.0 Å². The number of aromatic nitrogens is 2. The van der Waals surface area contributed by atoms with Gasteiger partial charge in [-0.25, -0.2) is 9.78 Å². The van der Waals surface area contributed by atoms with Gasteiger partial charge in [0.25, 0.3) is 0 Å². The van der Waals surface area contributed by atoms with Crippen LogP contribution in [0, 0.1) is 6.92 Å². The third kappa shape index (κ3) is 2.06. The van der Waals surface area contributed by atoms with E-state index in [1.807, 2.05) is 30.5 Å². The highest BCUT2D eigenvalue weighted by Gasteiger charge is 2.14. The molecule has 0 amide bonds. The van der Waals surface area contributed by atoms with Crippen LogP contribution in [0.15, 0.2) is 30.5 Å². The van der Waals surface area contributed by atoms with E-state index in [1.165, 1.54) is 11.3 Å². The highest BCUT2D eigenvalue weighted by molar-refractivity contribution is 7.15. The van der Waals surface area contributed by atoms with E-state index in [9.17, 15) is 4.79 Å². The molecule has 0 fully saturated rings. The van der Waals surface area contributed by atoms with Crippen molar-refractivity contribution in [2.45, 2.75) is 6.92 Å². The van der Waals surface area contributed by atoms with Gasteiger partial charge in [-0.05, 0) is 25.1 Å². The van der Waals surface area contributed by atoms with Crippen LogP contribution in [0.4, 0.5) is 10.8 Å². The molecule has 0 bridgehead atoms. The molecule has 6 heteroatoms. The lowest BCUT2D eigenvalue weighted by molar-refractivity contribution is 0.0690. The first-order valence-corrected chi connectivity index (χ1v) is 6.50. The molecule has 0 saturated heterocycles. The number of anilines is 2. The lowest BCUT2D eigenvalue weighted by Crippen LogP contribution is -1.99. The number of aromatic carboxylic acids is 1. The maximum Gasteiger partial charge on any atom is 0.355 e. The maximum absolute atomic E-state index is 11.0. The van der Waals surface area contributed by atoms with E-state index in [0.29, 0.717) is 10.0 Å². The molecule has 0 unspecified atom stereocenters. The van der Waals surface area contributed by atoms with Crippen molar-refractivity contribution in [2.75, 3.05) is 5.32 Å². The van der Waals surface area contributed by atoms with Crippen molar-refractivity contribution in [1.82, 2.24) is 9.97 Å². The Bertz CT molecular complexity index is 760. The Morgan fingerprint density at radius 2 is 2.26 bits per heavy atom.